The van der Waals surface area contributed by atoms with Gasteiger partial charge in [-0.15, -0.1) is 0 Å². The zero-order chi connectivity index (χ0) is 19.3. The van der Waals surface area contributed by atoms with Gasteiger partial charge in [-0.2, -0.15) is 0 Å². The molecule has 1 saturated heterocycles. The Bertz CT molecular complexity index is 775. The number of hydrogen-bond donors (Lipinski definition) is 1. The van der Waals surface area contributed by atoms with Crippen LogP contribution in [0.3, 0.4) is 0 Å². The lowest BCUT2D eigenvalue weighted by Crippen LogP contribution is -2.40. The van der Waals surface area contributed by atoms with Crippen LogP contribution in [0.2, 0.25) is 0 Å². The number of carboxylic acids is 1. The van der Waals surface area contributed by atoms with Gasteiger partial charge in [-0.25, -0.2) is 0 Å². The highest BCUT2D eigenvalue weighted by Gasteiger charge is 2.25. The van der Waals surface area contributed by atoms with Crippen molar-refractivity contribution in [2.45, 2.75) is 32.4 Å². The summed E-state index contributed by atoms with van der Waals surface area (Å²) in [5.41, 5.74) is 2.42. The summed E-state index contributed by atoms with van der Waals surface area (Å²) in [7, 11) is 0. The minimum Gasteiger partial charge on any atom is -0.481 e. The molecule has 1 unspecified atom stereocenters. The van der Waals surface area contributed by atoms with Gasteiger partial charge in [-0.3, -0.25) is 9.69 Å². The monoisotopic (exact) mass is 380 g/mol. The molecule has 5 heteroatoms. The average Bonchev–Trinajstić information content (AvgIpc) is 2.69. The smallest absolute Gasteiger partial charge is 0.307 e. The zero-order valence-corrected chi connectivity index (χ0v) is 16.2. The quantitative estimate of drug-likeness (QED) is 0.850. The molecule has 1 fully saturated rings. The summed E-state index contributed by atoms with van der Waals surface area (Å²) >= 11 is 0. The third kappa shape index (κ3) is 4.54. The van der Waals surface area contributed by atoms with Crippen LogP contribution in [-0.2, 0) is 17.9 Å². The molecule has 1 atom stereocenters. The molecule has 0 bridgehead atoms. The lowest BCUT2D eigenvalue weighted by atomic mass is 9.98. The molecule has 0 spiro atoms. The highest BCUT2D eigenvalue weighted by Crippen LogP contribution is 2.32. The fourth-order valence-corrected chi connectivity index (χ4v) is 4.26. The van der Waals surface area contributed by atoms with Crippen LogP contribution in [0.25, 0.3) is 0 Å². The summed E-state index contributed by atoms with van der Waals surface area (Å²) in [4.78, 5) is 16.1. The molecular weight excluding hydrogens is 352 g/mol. The van der Waals surface area contributed by atoms with Crippen LogP contribution in [0.4, 0.5) is 0 Å². The van der Waals surface area contributed by atoms with Gasteiger partial charge in [0.2, 0.25) is 0 Å². The Morgan fingerprint density at radius 1 is 0.964 bits per heavy atom. The molecule has 2 heterocycles. The first-order valence-corrected chi connectivity index (χ1v) is 10.2. The van der Waals surface area contributed by atoms with Gasteiger partial charge in [-0.1, -0.05) is 36.4 Å². The zero-order valence-electron chi connectivity index (χ0n) is 16.2. The number of ether oxygens (including phenoxy) is 1. The highest BCUT2D eigenvalue weighted by atomic mass is 16.5. The molecular formula is C23H28N2O3. The molecule has 0 saturated carbocycles. The van der Waals surface area contributed by atoms with E-state index in [0.29, 0.717) is 6.54 Å². The third-order valence-corrected chi connectivity index (χ3v) is 5.76. The van der Waals surface area contributed by atoms with Crippen LogP contribution in [0.1, 0.15) is 30.4 Å². The molecule has 0 aromatic heterocycles. The summed E-state index contributed by atoms with van der Waals surface area (Å²) < 4.78 is 6.17. The number of rotatable bonds is 5. The number of piperidine rings is 1. The Kier molecular flexibility index (Phi) is 5.93. The lowest BCUT2D eigenvalue weighted by molar-refractivity contribution is -0.143. The fraction of sp³-hybridized carbons (Fsp3) is 0.435. The second-order valence-corrected chi connectivity index (χ2v) is 7.86. The number of hydrogen-bond acceptors (Lipinski definition) is 4. The van der Waals surface area contributed by atoms with Crippen molar-refractivity contribution < 1.29 is 14.6 Å². The van der Waals surface area contributed by atoms with E-state index < -0.39 is 5.97 Å². The second kappa shape index (κ2) is 8.76. The SMILES string of the molecule is O=C(O)C1CCCN(CCCN2Cc3ccccc3Oc3ccccc3C2)C1. The topological polar surface area (TPSA) is 53.0 Å². The van der Waals surface area contributed by atoms with Crippen molar-refractivity contribution in [1.82, 2.24) is 9.80 Å². The normalized spacial score (nSPS) is 20.4. The molecule has 1 N–H and O–H groups in total. The molecule has 2 aromatic carbocycles. The summed E-state index contributed by atoms with van der Waals surface area (Å²) in [6.45, 7) is 5.37. The minimum atomic E-state index is -0.651. The molecule has 0 radical (unpaired) electrons. The molecule has 4 rings (SSSR count). The first kappa shape index (κ1) is 19.0. The van der Waals surface area contributed by atoms with E-state index in [4.69, 9.17) is 4.74 Å². The predicted octanol–water partition coefficient (Wildman–Crippen LogP) is 3.98. The van der Waals surface area contributed by atoms with Gasteiger partial charge >= 0.3 is 5.97 Å². The Morgan fingerprint density at radius 3 is 2.21 bits per heavy atom. The van der Waals surface area contributed by atoms with Crippen LogP contribution in [0.15, 0.2) is 48.5 Å². The van der Waals surface area contributed by atoms with Crippen molar-refractivity contribution >= 4 is 5.97 Å². The predicted molar refractivity (Wildman–Crippen MR) is 108 cm³/mol. The van der Waals surface area contributed by atoms with Gasteiger partial charge in [0.05, 0.1) is 5.92 Å². The number of nitrogens with zero attached hydrogens (tertiary/aromatic N) is 2. The highest BCUT2D eigenvalue weighted by molar-refractivity contribution is 5.70. The Labute approximate surface area is 166 Å². The van der Waals surface area contributed by atoms with E-state index in [0.717, 1.165) is 63.5 Å². The number of fused-ring (bicyclic) bond motifs is 2. The van der Waals surface area contributed by atoms with Crippen molar-refractivity contribution in [2.24, 2.45) is 5.92 Å². The van der Waals surface area contributed by atoms with E-state index in [2.05, 4.69) is 34.1 Å². The van der Waals surface area contributed by atoms with Crippen LogP contribution >= 0.6 is 0 Å². The van der Waals surface area contributed by atoms with Crippen LogP contribution in [0.5, 0.6) is 11.5 Å². The van der Waals surface area contributed by atoms with Crippen molar-refractivity contribution in [3.05, 3.63) is 59.7 Å². The minimum absolute atomic E-state index is 0.202. The Balaban J connectivity index is 1.41. The first-order valence-electron chi connectivity index (χ1n) is 10.2. The molecule has 0 amide bonds. The van der Waals surface area contributed by atoms with E-state index in [1.165, 1.54) is 11.1 Å². The molecule has 5 nitrogen and oxygen atoms in total. The third-order valence-electron chi connectivity index (χ3n) is 5.76. The lowest BCUT2D eigenvalue weighted by Gasteiger charge is -2.32. The first-order chi connectivity index (χ1) is 13.7. The maximum Gasteiger partial charge on any atom is 0.307 e. The largest absolute Gasteiger partial charge is 0.481 e. The van der Waals surface area contributed by atoms with E-state index in [1.54, 1.807) is 0 Å². The summed E-state index contributed by atoms with van der Waals surface area (Å²) in [5, 5.41) is 9.28. The summed E-state index contributed by atoms with van der Waals surface area (Å²) in [5.74, 6) is 1.01. The number of likely N-dealkylation sites (tertiary alicyclic amines) is 1. The molecule has 2 aromatic rings. The number of carbonyl (C=O) groups is 1. The van der Waals surface area contributed by atoms with Gasteiger partial charge in [0.15, 0.2) is 0 Å². The Morgan fingerprint density at radius 2 is 1.57 bits per heavy atom. The summed E-state index contributed by atoms with van der Waals surface area (Å²) in [6, 6.07) is 16.5. The fourth-order valence-electron chi connectivity index (χ4n) is 4.26. The van der Waals surface area contributed by atoms with E-state index in [9.17, 15) is 9.90 Å². The molecule has 2 aliphatic heterocycles. The molecule has 2 aliphatic rings. The standard InChI is InChI=1S/C23H28N2O3/c26-23(27)20-9-5-12-24(17-20)13-6-14-25-15-18-7-1-3-10-21(18)28-22-11-4-2-8-19(22)16-25/h1-4,7-8,10-11,20H,5-6,9,12-17H2,(H,26,27). The number of para-hydroxylation sites is 2. The van der Waals surface area contributed by atoms with Crippen LogP contribution in [0, 0.1) is 5.92 Å². The maximum absolute atomic E-state index is 11.3. The molecule has 0 aliphatic carbocycles. The van der Waals surface area contributed by atoms with E-state index in [1.807, 2.05) is 24.3 Å². The average molecular weight is 380 g/mol. The van der Waals surface area contributed by atoms with Crippen molar-refractivity contribution in [3.63, 3.8) is 0 Å². The van der Waals surface area contributed by atoms with Gasteiger partial charge in [0.25, 0.3) is 0 Å². The van der Waals surface area contributed by atoms with Gasteiger partial charge in [0.1, 0.15) is 11.5 Å². The maximum atomic E-state index is 11.3. The van der Waals surface area contributed by atoms with Crippen molar-refractivity contribution in [1.29, 1.82) is 0 Å². The van der Waals surface area contributed by atoms with Gasteiger partial charge in [0, 0.05) is 37.3 Å². The number of carboxylic acid groups (broad SMARTS) is 1. The van der Waals surface area contributed by atoms with Gasteiger partial charge in [-0.05, 0) is 44.5 Å². The van der Waals surface area contributed by atoms with E-state index >= 15 is 0 Å². The second-order valence-electron chi connectivity index (χ2n) is 7.86. The van der Waals surface area contributed by atoms with Crippen LogP contribution < -0.4 is 4.74 Å². The number of aliphatic carboxylic acids is 1. The van der Waals surface area contributed by atoms with Crippen molar-refractivity contribution in [2.75, 3.05) is 26.2 Å². The molecule has 28 heavy (non-hydrogen) atoms. The van der Waals surface area contributed by atoms with E-state index in [-0.39, 0.29) is 5.92 Å². The molecule has 148 valence electrons. The number of benzene rings is 2. The Hall–Kier alpha value is -2.37. The van der Waals surface area contributed by atoms with Crippen molar-refractivity contribution in [3.8, 4) is 11.5 Å². The summed E-state index contributed by atoms with van der Waals surface area (Å²) in [6.07, 6.45) is 2.84. The van der Waals surface area contributed by atoms with Crippen LogP contribution in [-0.4, -0.2) is 47.1 Å². The van der Waals surface area contributed by atoms with Gasteiger partial charge < -0.3 is 14.7 Å².